The van der Waals surface area contributed by atoms with Gasteiger partial charge in [0.25, 0.3) is 0 Å². The van der Waals surface area contributed by atoms with Crippen molar-refractivity contribution in [3.8, 4) is 5.75 Å². The molecule has 0 amide bonds. The van der Waals surface area contributed by atoms with Crippen LogP contribution in [0.4, 0.5) is 0 Å². The number of aromatic nitrogens is 3. The quantitative estimate of drug-likeness (QED) is 0.735. The van der Waals surface area contributed by atoms with E-state index in [0.717, 1.165) is 28.0 Å². The Kier molecular flexibility index (Phi) is 4.27. The fraction of sp³-hybridized carbons (Fsp3) is 0.250. The highest BCUT2D eigenvalue weighted by molar-refractivity contribution is 6.29. The summed E-state index contributed by atoms with van der Waals surface area (Å²) < 4.78 is 6.97. The van der Waals surface area contributed by atoms with E-state index in [1.54, 1.807) is 13.2 Å². The van der Waals surface area contributed by atoms with E-state index < -0.39 is 0 Å². The van der Waals surface area contributed by atoms with E-state index in [4.69, 9.17) is 16.3 Å². The number of aliphatic hydroxyl groups excluding tert-OH is 1. The molecule has 0 bridgehead atoms. The summed E-state index contributed by atoms with van der Waals surface area (Å²) in [6.07, 6.45) is 0.495. The number of pyridine rings is 1. The first-order valence-electron chi connectivity index (χ1n) is 6.97. The van der Waals surface area contributed by atoms with Crippen molar-refractivity contribution < 1.29 is 9.84 Å². The van der Waals surface area contributed by atoms with Crippen LogP contribution in [0.3, 0.4) is 0 Å². The Morgan fingerprint density at radius 3 is 2.64 bits per heavy atom. The Labute approximate surface area is 133 Å². The molecule has 22 heavy (non-hydrogen) atoms. The van der Waals surface area contributed by atoms with Crippen LogP contribution >= 0.6 is 11.6 Å². The predicted octanol–water partition coefficient (Wildman–Crippen LogP) is 2.68. The van der Waals surface area contributed by atoms with Gasteiger partial charge in [-0.25, -0.2) is 9.67 Å². The van der Waals surface area contributed by atoms with Crippen LogP contribution in [0.2, 0.25) is 5.15 Å². The van der Waals surface area contributed by atoms with Gasteiger partial charge < -0.3 is 9.84 Å². The van der Waals surface area contributed by atoms with E-state index in [9.17, 15) is 5.11 Å². The molecule has 1 N–H and O–H groups in total. The van der Waals surface area contributed by atoms with E-state index >= 15 is 0 Å². The average Bonchev–Trinajstić information content (AvgIpc) is 2.86. The van der Waals surface area contributed by atoms with Gasteiger partial charge in [-0.15, -0.1) is 0 Å². The van der Waals surface area contributed by atoms with Crippen molar-refractivity contribution in [2.24, 2.45) is 0 Å². The van der Waals surface area contributed by atoms with Crippen molar-refractivity contribution in [1.82, 2.24) is 14.8 Å². The lowest BCUT2D eigenvalue weighted by Gasteiger charge is -2.05. The molecule has 0 aliphatic heterocycles. The zero-order valence-corrected chi connectivity index (χ0v) is 12.9. The average molecular weight is 318 g/mol. The maximum atomic E-state index is 9.18. The maximum Gasteiger partial charge on any atom is 0.160 e. The summed E-state index contributed by atoms with van der Waals surface area (Å²) in [5, 5.41) is 15.1. The number of benzene rings is 1. The first kappa shape index (κ1) is 14.8. The van der Waals surface area contributed by atoms with E-state index in [0.29, 0.717) is 18.1 Å². The molecule has 2 aromatic heterocycles. The van der Waals surface area contributed by atoms with E-state index in [1.807, 2.05) is 35.0 Å². The van der Waals surface area contributed by atoms with Crippen LogP contribution in [0.15, 0.2) is 36.4 Å². The molecule has 0 atom stereocenters. The second-order valence-corrected chi connectivity index (χ2v) is 5.32. The minimum Gasteiger partial charge on any atom is -0.497 e. The van der Waals surface area contributed by atoms with Crippen molar-refractivity contribution >= 4 is 22.6 Å². The number of hydrogen-bond donors (Lipinski definition) is 1. The van der Waals surface area contributed by atoms with E-state index in [2.05, 4.69) is 10.1 Å². The van der Waals surface area contributed by atoms with Crippen molar-refractivity contribution in [2.45, 2.75) is 13.0 Å². The van der Waals surface area contributed by atoms with Gasteiger partial charge in [0.15, 0.2) is 5.65 Å². The van der Waals surface area contributed by atoms with Gasteiger partial charge in [0, 0.05) is 18.4 Å². The van der Waals surface area contributed by atoms with Gasteiger partial charge in [0.2, 0.25) is 0 Å². The third kappa shape index (κ3) is 2.91. The zero-order valence-electron chi connectivity index (χ0n) is 12.2. The highest BCUT2D eigenvalue weighted by Gasteiger charge is 2.12. The SMILES string of the molecule is COc1ccc(Cn2nc(CCO)c3ccc(Cl)nc32)cc1. The summed E-state index contributed by atoms with van der Waals surface area (Å²) in [6.45, 7) is 0.635. The van der Waals surface area contributed by atoms with Crippen LogP contribution in [-0.2, 0) is 13.0 Å². The van der Waals surface area contributed by atoms with Gasteiger partial charge in [-0.05, 0) is 29.8 Å². The van der Waals surface area contributed by atoms with Crippen LogP contribution in [-0.4, -0.2) is 33.6 Å². The first-order chi connectivity index (χ1) is 10.7. The van der Waals surface area contributed by atoms with Crippen LogP contribution in [0.1, 0.15) is 11.3 Å². The monoisotopic (exact) mass is 317 g/mol. The number of halogens is 1. The highest BCUT2D eigenvalue weighted by Crippen LogP contribution is 2.21. The Hall–Kier alpha value is -2.11. The summed E-state index contributed by atoms with van der Waals surface area (Å²) in [5.41, 5.74) is 2.64. The summed E-state index contributed by atoms with van der Waals surface area (Å²) in [6, 6.07) is 11.4. The van der Waals surface area contributed by atoms with Gasteiger partial charge in [0.1, 0.15) is 10.9 Å². The molecule has 6 heteroatoms. The lowest BCUT2D eigenvalue weighted by Crippen LogP contribution is -2.03. The Morgan fingerprint density at radius 2 is 1.95 bits per heavy atom. The largest absolute Gasteiger partial charge is 0.497 e. The van der Waals surface area contributed by atoms with Crippen LogP contribution < -0.4 is 4.74 Å². The molecule has 0 spiro atoms. The number of nitrogens with zero attached hydrogens (tertiary/aromatic N) is 3. The molecule has 0 aliphatic carbocycles. The zero-order chi connectivity index (χ0) is 15.5. The topological polar surface area (TPSA) is 60.2 Å². The molecule has 0 saturated carbocycles. The predicted molar refractivity (Wildman–Crippen MR) is 85.4 cm³/mol. The van der Waals surface area contributed by atoms with E-state index in [-0.39, 0.29) is 6.61 Å². The molecule has 5 nitrogen and oxygen atoms in total. The third-order valence-electron chi connectivity index (χ3n) is 3.48. The number of methoxy groups -OCH3 is 1. The molecule has 0 saturated heterocycles. The highest BCUT2D eigenvalue weighted by atomic mass is 35.5. The molecular weight excluding hydrogens is 302 g/mol. The molecule has 3 rings (SSSR count). The lowest BCUT2D eigenvalue weighted by molar-refractivity contribution is 0.298. The van der Waals surface area contributed by atoms with Gasteiger partial charge >= 0.3 is 0 Å². The van der Waals surface area contributed by atoms with Gasteiger partial charge in [0.05, 0.1) is 19.3 Å². The molecule has 0 aliphatic rings. The fourth-order valence-electron chi connectivity index (χ4n) is 2.40. The minimum absolute atomic E-state index is 0.0529. The molecule has 2 heterocycles. The molecule has 3 aromatic rings. The normalized spacial score (nSPS) is 11.0. The third-order valence-corrected chi connectivity index (χ3v) is 3.69. The number of aliphatic hydroxyl groups is 1. The molecule has 114 valence electrons. The minimum atomic E-state index is 0.0529. The number of hydrogen-bond acceptors (Lipinski definition) is 4. The Balaban J connectivity index is 1.99. The smallest absolute Gasteiger partial charge is 0.160 e. The van der Waals surface area contributed by atoms with Crippen LogP contribution in [0, 0.1) is 0 Å². The molecule has 0 unspecified atom stereocenters. The Bertz CT molecular complexity index is 784. The van der Waals surface area contributed by atoms with Crippen molar-refractivity contribution in [3.05, 3.63) is 52.8 Å². The summed E-state index contributed by atoms with van der Waals surface area (Å²) in [4.78, 5) is 4.37. The fourth-order valence-corrected chi connectivity index (χ4v) is 2.54. The number of fused-ring (bicyclic) bond motifs is 1. The molecule has 0 radical (unpaired) electrons. The van der Waals surface area contributed by atoms with Crippen molar-refractivity contribution in [2.75, 3.05) is 13.7 Å². The summed E-state index contributed by atoms with van der Waals surface area (Å²) in [5.74, 6) is 0.816. The second-order valence-electron chi connectivity index (χ2n) is 4.93. The standard InChI is InChI=1S/C16H16ClN3O2/c1-22-12-4-2-11(3-5-12)10-20-16-13(6-7-15(17)18-16)14(19-20)8-9-21/h2-7,21H,8-10H2,1H3. The van der Waals surface area contributed by atoms with Gasteiger partial charge in [-0.2, -0.15) is 5.10 Å². The molecule has 0 fully saturated rings. The van der Waals surface area contributed by atoms with Crippen LogP contribution in [0.25, 0.3) is 11.0 Å². The number of ether oxygens (including phenoxy) is 1. The number of rotatable bonds is 5. The first-order valence-corrected chi connectivity index (χ1v) is 7.35. The van der Waals surface area contributed by atoms with Crippen LogP contribution in [0.5, 0.6) is 5.75 Å². The molecule has 1 aromatic carbocycles. The maximum absolute atomic E-state index is 9.18. The summed E-state index contributed by atoms with van der Waals surface area (Å²) >= 11 is 6.00. The van der Waals surface area contributed by atoms with Gasteiger partial charge in [-0.3, -0.25) is 0 Å². The van der Waals surface area contributed by atoms with Gasteiger partial charge in [-0.1, -0.05) is 23.7 Å². The summed E-state index contributed by atoms with van der Waals surface area (Å²) in [7, 11) is 1.64. The Morgan fingerprint density at radius 1 is 1.18 bits per heavy atom. The van der Waals surface area contributed by atoms with Crippen molar-refractivity contribution in [3.63, 3.8) is 0 Å². The molecular formula is C16H16ClN3O2. The van der Waals surface area contributed by atoms with Crippen molar-refractivity contribution in [1.29, 1.82) is 0 Å². The van der Waals surface area contributed by atoms with E-state index in [1.165, 1.54) is 0 Å². The second kappa shape index (κ2) is 6.34. The lowest BCUT2D eigenvalue weighted by atomic mass is 10.2.